The number of hydrogen-bond donors (Lipinski definition) is 1. The Labute approximate surface area is 201 Å². The Hall–Kier alpha value is -3.74. The van der Waals surface area contributed by atoms with E-state index in [2.05, 4.69) is 26.5 Å². The van der Waals surface area contributed by atoms with E-state index in [1.54, 1.807) is 24.5 Å². The average Bonchev–Trinajstić information content (AvgIpc) is 3.32. The van der Waals surface area contributed by atoms with E-state index in [1.807, 2.05) is 17.8 Å². The number of carbonyl (C=O) groups excluding carboxylic acids is 1. The first kappa shape index (κ1) is 24.4. The summed E-state index contributed by atoms with van der Waals surface area (Å²) in [4.78, 5) is 21.0. The molecule has 0 bridgehead atoms. The van der Waals surface area contributed by atoms with E-state index >= 15 is 0 Å². The maximum absolute atomic E-state index is 12.4. The molecule has 1 fully saturated rings. The van der Waals surface area contributed by atoms with Gasteiger partial charge in [-0.3, -0.25) is 9.48 Å². The number of alkyl halides is 3. The highest BCUT2D eigenvalue weighted by molar-refractivity contribution is 5.96. The molecule has 0 radical (unpaired) electrons. The first-order valence-corrected chi connectivity index (χ1v) is 11.5. The number of nitriles is 1. The lowest BCUT2D eigenvalue weighted by molar-refractivity contribution is -0.133. The molecule has 0 saturated heterocycles. The third-order valence-corrected chi connectivity index (χ3v) is 6.20. The van der Waals surface area contributed by atoms with Crippen molar-refractivity contribution < 1.29 is 18.0 Å². The Morgan fingerprint density at radius 2 is 1.89 bits per heavy atom. The zero-order valence-electron chi connectivity index (χ0n) is 19.2. The van der Waals surface area contributed by atoms with Gasteiger partial charge < -0.3 is 5.32 Å². The van der Waals surface area contributed by atoms with E-state index in [0.717, 1.165) is 42.5 Å². The molecule has 0 amide bonds. The van der Waals surface area contributed by atoms with Crippen LogP contribution in [0, 0.1) is 24.2 Å². The Kier molecular flexibility index (Phi) is 7.15. The summed E-state index contributed by atoms with van der Waals surface area (Å²) < 4.78 is 39.1. The number of anilines is 2. The second kappa shape index (κ2) is 10.3. The topological polar surface area (TPSA) is 96.5 Å². The van der Waals surface area contributed by atoms with Crippen molar-refractivity contribution in [2.24, 2.45) is 5.92 Å². The molecule has 1 aromatic carbocycles. The average molecular weight is 483 g/mol. The summed E-state index contributed by atoms with van der Waals surface area (Å²) >= 11 is 0. The van der Waals surface area contributed by atoms with Crippen LogP contribution in [-0.2, 0) is 0 Å². The van der Waals surface area contributed by atoms with Gasteiger partial charge in [0.2, 0.25) is 5.95 Å². The van der Waals surface area contributed by atoms with Crippen LogP contribution in [0.4, 0.5) is 24.8 Å². The molecule has 7 nitrogen and oxygen atoms in total. The van der Waals surface area contributed by atoms with Gasteiger partial charge in [-0.25, -0.2) is 9.97 Å². The van der Waals surface area contributed by atoms with Crippen LogP contribution in [0.3, 0.4) is 0 Å². The van der Waals surface area contributed by atoms with Gasteiger partial charge in [0.1, 0.15) is 0 Å². The molecule has 2 heterocycles. The van der Waals surface area contributed by atoms with Crippen molar-refractivity contribution in [2.45, 2.75) is 57.7 Å². The fraction of sp³-hybridized carbons (Fsp3) is 0.400. The molecule has 2 aromatic heterocycles. The SMILES string of the molecule is Cc1cnc(Nc2cnn(C3CCC(C#N)CC3)c2)nc1-c1ccc(C(=O)CCC(F)(F)F)cc1. The van der Waals surface area contributed by atoms with Gasteiger partial charge in [0, 0.05) is 35.9 Å². The number of rotatable bonds is 7. The van der Waals surface area contributed by atoms with Gasteiger partial charge in [0.15, 0.2) is 5.78 Å². The van der Waals surface area contributed by atoms with E-state index < -0.39 is 24.8 Å². The summed E-state index contributed by atoms with van der Waals surface area (Å²) in [6, 6.07) is 9.00. The lowest BCUT2D eigenvalue weighted by Gasteiger charge is -2.24. The molecule has 0 unspecified atom stereocenters. The largest absolute Gasteiger partial charge is 0.389 e. The molecule has 0 aliphatic heterocycles. The maximum atomic E-state index is 12.4. The molecule has 35 heavy (non-hydrogen) atoms. The van der Waals surface area contributed by atoms with Crippen LogP contribution in [0.2, 0.25) is 0 Å². The van der Waals surface area contributed by atoms with Crippen LogP contribution in [0.25, 0.3) is 11.3 Å². The van der Waals surface area contributed by atoms with Gasteiger partial charge in [0.05, 0.1) is 36.1 Å². The predicted molar refractivity (Wildman–Crippen MR) is 124 cm³/mol. The molecule has 1 saturated carbocycles. The summed E-state index contributed by atoms with van der Waals surface area (Å²) in [5.41, 5.74) is 3.17. The minimum Gasteiger partial charge on any atom is -0.321 e. The van der Waals surface area contributed by atoms with Gasteiger partial charge in [-0.05, 0) is 38.2 Å². The first-order chi connectivity index (χ1) is 16.7. The lowest BCUT2D eigenvalue weighted by atomic mass is 9.87. The van der Waals surface area contributed by atoms with Gasteiger partial charge in [0.25, 0.3) is 0 Å². The first-order valence-electron chi connectivity index (χ1n) is 11.5. The zero-order valence-corrected chi connectivity index (χ0v) is 19.2. The normalized spacial score (nSPS) is 18.1. The number of Topliss-reactive ketones (excluding diaryl/α,β-unsaturated/α-hetero) is 1. The number of halogens is 3. The van der Waals surface area contributed by atoms with Crippen LogP contribution < -0.4 is 5.32 Å². The van der Waals surface area contributed by atoms with Crippen LogP contribution in [-0.4, -0.2) is 31.7 Å². The molecule has 1 aliphatic carbocycles. The molecule has 182 valence electrons. The Morgan fingerprint density at radius 1 is 1.17 bits per heavy atom. The van der Waals surface area contributed by atoms with Crippen molar-refractivity contribution in [2.75, 3.05) is 5.32 Å². The minimum absolute atomic E-state index is 0.130. The number of nitrogens with one attached hydrogen (secondary N) is 1. The molecule has 4 rings (SSSR count). The Balaban J connectivity index is 1.44. The third-order valence-electron chi connectivity index (χ3n) is 6.20. The van der Waals surface area contributed by atoms with Crippen molar-refractivity contribution in [3.05, 3.63) is 54.0 Å². The number of aromatic nitrogens is 4. The van der Waals surface area contributed by atoms with Crippen LogP contribution in [0.15, 0.2) is 42.9 Å². The van der Waals surface area contributed by atoms with E-state index in [1.165, 1.54) is 12.1 Å². The third kappa shape index (κ3) is 6.23. The van der Waals surface area contributed by atoms with Gasteiger partial charge in [-0.2, -0.15) is 23.5 Å². The fourth-order valence-electron chi connectivity index (χ4n) is 4.21. The maximum Gasteiger partial charge on any atom is 0.389 e. The van der Waals surface area contributed by atoms with E-state index in [0.29, 0.717) is 11.6 Å². The summed E-state index contributed by atoms with van der Waals surface area (Å²) in [5, 5.41) is 16.7. The molecule has 0 spiro atoms. The number of aryl methyl sites for hydroxylation is 1. The molecule has 3 aromatic rings. The standard InChI is InChI=1S/C25H25F3N6O/c1-16-13-30-24(32-20-14-31-34(15-20)21-8-2-17(12-29)3-9-21)33-23(16)19-6-4-18(5-7-19)22(35)10-11-25(26,27)28/h4-7,13-15,17,21H,2-3,8-11H2,1H3,(H,30,32,33). The number of carbonyl (C=O) groups is 1. The summed E-state index contributed by atoms with van der Waals surface area (Å²) in [7, 11) is 0. The minimum atomic E-state index is -4.36. The highest BCUT2D eigenvalue weighted by Gasteiger charge is 2.28. The van der Waals surface area contributed by atoms with Crippen molar-refractivity contribution >= 4 is 17.4 Å². The molecule has 0 atom stereocenters. The van der Waals surface area contributed by atoms with Crippen LogP contribution in [0.5, 0.6) is 0 Å². The van der Waals surface area contributed by atoms with E-state index in [9.17, 15) is 18.0 Å². The van der Waals surface area contributed by atoms with Crippen LogP contribution >= 0.6 is 0 Å². The Bertz CT molecular complexity index is 1220. The van der Waals surface area contributed by atoms with Crippen molar-refractivity contribution in [3.63, 3.8) is 0 Å². The predicted octanol–water partition coefficient (Wildman–Crippen LogP) is 6.17. The van der Waals surface area contributed by atoms with Crippen molar-refractivity contribution in [1.29, 1.82) is 5.26 Å². The number of ketones is 1. The monoisotopic (exact) mass is 482 g/mol. The van der Waals surface area contributed by atoms with E-state index in [-0.39, 0.29) is 17.5 Å². The molecular weight excluding hydrogens is 457 g/mol. The number of hydrogen-bond acceptors (Lipinski definition) is 6. The fourth-order valence-corrected chi connectivity index (χ4v) is 4.21. The second-order valence-electron chi connectivity index (χ2n) is 8.81. The zero-order chi connectivity index (χ0) is 25.0. The molecular formula is C25H25F3N6O. The molecule has 10 heteroatoms. The Morgan fingerprint density at radius 3 is 2.54 bits per heavy atom. The molecule has 1 N–H and O–H groups in total. The summed E-state index contributed by atoms with van der Waals surface area (Å²) in [6.07, 6.45) is 2.82. The smallest absolute Gasteiger partial charge is 0.321 e. The summed E-state index contributed by atoms with van der Waals surface area (Å²) in [6.45, 7) is 1.86. The van der Waals surface area contributed by atoms with Crippen LogP contribution in [0.1, 0.15) is 60.5 Å². The van der Waals surface area contributed by atoms with Gasteiger partial charge in [-0.1, -0.05) is 24.3 Å². The van der Waals surface area contributed by atoms with Gasteiger partial charge >= 0.3 is 6.18 Å². The van der Waals surface area contributed by atoms with E-state index in [4.69, 9.17) is 5.26 Å². The second-order valence-corrected chi connectivity index (χ2v) is 8.81. The lowest BCUT2D eigenvalue weighted by Crippen LogP contribution is -2.17. The number of nitrogens with zero attached hydrogens (tertiary/aromatic N) is 5. The number of benzene rings is 1. The highest BCUT2D eigenvalue weighted by Crippen LogP contribution is 2.32. The quantitative estimate of drug-likeness (QED) is 0.405. The summed E-state index contributed by atoms with van der Waals surface area (Å²) in [5.74, 6) is -0.0386. The molecule has 1 aliphatic rings. The highest BCUT2D eigenvalue weighted by atomic mass is 19.4. The van der Waals surface area contributed by atoms with Crippen molar-refractivity contribution in [3.8, 4) is 17.3 Å². The van der Waals surface area contributed by atoms with Gasteiger partial charge in [-0.15, -0.1) is 0 Å². The van der Waals surface area contributed by atoms with Crippen molar-refractivity contribution in [1.82, 2.24) is 19.7 Å².